The predicted octanol–water partition coefficient (Wildman–Crippen LogP) is 2.46. The molecule has 1 fully saturated rings. The van der Waals surface area contributed by atoms with Crippen LogP contribution in [-0.4, -0.2) is 30.6 Å². The van der Waals surface area contributed by atoms with Crippen LogP contribution < -0.4 is 4.74 Å². The van der Waals surface area contributed by atoms with Crippen molar-refractivity contribution in [2.45, 2.75) is 18.9 Å². The molecule has 0 saturated carbocycles. The van der Waals surface area contributed by atoms with E-state index in [1.54, 1.807) is 7.11 Å². The summed E-state index contributed by atoms with van der Waals surface area (Å²) in [5.41, 5.74) is 1.31. The number of hydrogen-bond acceptors (Lipinski definition) is 3. The summed E-state index contributed by atoms with van der Waals surface area (Å²) in [6, 6.07) is 2.72. The first kappa shape index (κ1) is 11.1. The molecular formula is C11H15IN2O. The molecule has 3 nitrogen and oxygen atoms in total. The zero-order valence-corrected chi connectivity index (χ0v) is 11.2. The van der Waals surface area contributed by atoms with Crippen molar-refractivity contribution in [3.8, 4) is 5.88 Å². The quantitative estimate of drug-likeness (QED) is 0.783. The Hall–Kier alpha value is -0.360. The fourth-order valence-corrected chi connectivity index (χ4v) is 2.82. The highest BCUT2D eigenvalue weighted by atomic mass is 127. The highest BCUT2D eigenvalue weighted by molar-refractivity contribution is 14.1. The maximum Gasteiger partial charge on any atom is 0.226 e. The molecule has 0 bridgehead atoms. The van der Waals surface area contributed by atoms with E-state index in [9.17, 15) is 0 Å². The molecule has 4 heteroatoms. The Balaban J connectivity index is 2.25. The summed E-state index contributed by atoms with van der Waals surface area (Å²) in [4.78, 5) is 6.71. The van der Waals surface area contributed by atoms with E-state index in [0.717, 1.165) is 9.45 Å². The summed E-state index contributed by atoms with van der Waals surface area (Å²) in [6.07, 6.45) is 4.46. The Bertz CT molecular complexity index is 356. The molecule has 0 amide bonds. The minimum atomic E-state index is 0.539. The molecule has 1 aliphatic heterocycles. The van der Waals surface area contributed by atoms with Crippen LogP contribution in [-0.2, 0) is 0 Å². The van der Waals surface area contributed by atoms with E-state index in [1.165, 1.54) is 24.9 Å². The van der Waals surface area contributed by atoms with Gasteiger partial charge in [-0.2, -0.15) is 0 Å². The number of pyridine rings is 1. The normalized spacial score (nSPS) is 21.9. The second-order valence-electron chi connectivity index (χ2n) is 3.90. The third-order valence-electron chi connectivity index (χ3n) is 2.93. The highest BCUT2D eigenvalue weighted by Gasteiger charge is 2.23. The van der Waals surface area contributed by atoms with Crippen molar-refractivity contribution in [2.75, 3.05) is 20.7 Å². The minimum absolute atomic E-state index is 0.539. The van der Waals surface area contributed by atoms with E-state index in [-0.39, 0.29) is 0 Å². The first-order chi connectivity index (χ1) is 7.22. The van der Waals surface area contributed by atoms with Gasteiger partial charge in [0, 0.05) is 12.2 Å². The standard InChI is InChI=1S/C11H15IN2O/c1-14-5-3-4-10(14)8-6-9(12)11(15-2)13-7-8/h6-7,10H,3-5H2,1-2H3/t10-/m0/s1. The van der Waals surface area contributed by atoms with Crippen molar-refractivity contribution in [2.24, 2.45) is 0 Å². The maximum absolute atomic E-state index is 5.16. The minimum Gasteiger partial charge on any atom is -0.480 e. The van der Waals surface area contributed by atoms with Crippen LogP contribution in [0.5, 0.6) is 5.88 Å². The van der Waals surface area contributed by atoms with Crippen molar-refractivity contribution in [1.29, 1.82) is 0 Å². The lowest BCUT2D eigenvalue weighted by Gasteiger charge is -2.19. The lowest BCUT2D eigenvalue weighted by atomic mass is 10.1. The molecule has 82 valence electrons. The van der Waals surface area contributed by atoms with E-state index < -0.39 is 0 Å². The zero-order valence-electron chi connectivity index (χ0n) is 9.03. The van der Waals surface area contributed by atoms with Crippen LogP contribution in [0.25, 0.3) is 0 Å². The summed E-state index contributed by atoms with van der Waals surface area (Å²) in [6.45, 7) is 1.19. The predicted molar refractivity (Wildman–Crippen MR) is 68.1 cm³/mol. The smallest absolute Gasteiger partial charge is 0.226 e. The van der Waals surface area contributed by atoms with Crippen molar-refractivity contribution in [1.82, 2.24) is 9.88 Å². The van der Waals surface area contributed by atoms with E-state index in [0.29, 0.717) is 6.04 Å². The van der Waals surface area contributed by atoms with Gasteiger partial charge < -0.3 is 4.74 Å². The monoisotopic (exact) mass is 318 g/mol. The molecule has 1 aliphatic rings. The second kappa shape index (κ2) is 4.65. The number of ether oxygens (including phenoxy) is 1. The third kappa shape index (κ3) is 2.25. The number of nitrogens with zero attached hydrogens (tertiary/aromatic N) is 2. The lowest BCUT2D eigenvalue weighted by molar-refractivity contribution is 0.316. The molecule has 1 aromatic rings. The van der Waals surface area contributed by atoms with Crippen LogP contribution in [0.4, 0.5) is 0 Å². The van der Waals surface area contributed by atoms with Gasteiger partial charge in [-0.3, -0.25) is 4.90 Å². The number of rotatable bonds is 2. The van der Waals surface area contributed by atoms with Gasteiger partial charge >= 0.3 is 0 Å². The SMILES string of the molecule is COc1ncc([C@@H]2CCCN2C)cc1I. The number of likely N-dealkylation sites (tertiary alicyclic amines) is 1. The van der Waals surface area contributed by atoms with Crippen LogP contribution in [0.15, 0.2) is 12.3 Å². The third-order valence-corrected chi connectivity index (χ3v) is 3.70. The lowest BCUT2D eigenvalue weighted by Crippen LogP contribution is -2.17. The van der Waals surface area contributed by atoms with Gasteiger partial charge in [-0.15, -0.1) is 0 Å². The molecule has 1 saturated heterocycles. The fraction of sp³-hybridized carbons (Fsp3) is 0.545. The van der Waals surface area contributed by atoms with Gasteiger partial charge in [0.15, 0.2) is 0 Å². The molecule has 1 atom stereocenters. The van der Waals surface area contributed by atoms with Crippen molar-refractivity contribution in [3.05, 3.63) is 21.4 Å². The van der Waals surface area contributed by atoms with Crippen molar-refractivity contribution >= 4 is 22.6 Å². The van der Waals surface area contributed by atoms with Gasteiger partial charge in [-0.05, 0) is 60.7 Å². The number of hydrogen-bond donors (Lipinski definition) is 0. The molecule has 2 rings (SSSR count). The molecule has 2 heterocycles. The van der Waals surface area contributed by atoms with Gasteiger partial charge in [-0.25, -0.2) is 4.98 Å². The molecule has 0 spiro atoms. The first-order valence-electron chi connectivity index (χ1n) is 5.12. The Morgan fingerprint density at radius 2 is 2.40 bits per heavy atom. The van der Waals surface area contributed by atoms with Crippen LogP contribution >= 0.6 is 22.6 Å². The first-order valence-corrected chi connectivity index (χ1v) is 6.20. The van der Waals surface area contributed by atoms with Crippen LogP contribution in [0.1, 0.15) is 24.4 Å². The molecule has 0 unspecified atom stereocenters. The van der Waals surface area contributed by atoms with Crippen molar-refractivity contribution in [3.63, 3.8) is 0 Å². The number of methoxy groups -OCH3 is 1. The van der Waals surface area contributed by atoms with Gasteiger partial charge in [-0.1, -0.05) is 0 Å². The van der Waals surface area contributed by atoms with Gasteiger partial charge in [0.1, 0.15) is 0 Å². The zero-order chi connectivity index (χ0) is 10.8. The topological polar surface area (TPSA) is 25.4 Å². The van der Waals surface area contributed by atoms with E-state index in [4.69, 9.17) is 4.74 Å². The van der Waals surface area contributed by atoms with Crippen LogP contribution in [0.3, 0.4) is 0 Å². The van der Waals surface area contributed by atoms with E-state index in [2.05, 4.69) is 45.6 Å². The summed E-state index contributed by atoms with van der Waals surface area (Å²) < 4.78 is 6.25. The molecule has 0 N–H and O–H groups in total. The van der Waals surface area contributed by atoms with Crippen LogP contribution in [0.2, 0.25) is 0 Å². The Labute approximate surface area is 104 Å². The average molecular weight is 318 g/mol. The molecule has 1 aromatic heterocycles. The Kier molecular flexibility index (Phi) is 3.45. The van der Waals surface area contributed by atoms with Gasteiger partial charge in [0.05, 0.1) is 10.7 Å². The maximum atomic E-state index is 5.16. The molecule has 0 radical (unpaired) electrons. The van der Waals surface area contributed by atoms with Crippen molar-refractivity contribution < 1.29 is 4.74 Å². The molecule has 15 heavy (non-hydrogen) atoms. The number of aromatic nitrogens is 1. The highest BCUT2D eigenvalue weighted by Crippen LogP contribution is 2.31. The molecule has 0 aromatic carbocycles. The summed E-state index contributed by atoms with van der Waals surface area (Å²) in [7, 11) is 3.83. The van der Waals surface area contributed by atoms with E-state index >= 15 is 0 Å². The largest absolute Gasteiger partial charge is 0.480 e. The molecule has 0 aliphatic carbocycles. The van der Waals surface area contributed by atoms with Crippen LogP contribution in [0, 0.1) is 3.57 Å². The second-order valence-corrected chi connectivity index (χ2v) is 5.06. The van der Waals surface area contributed by atoms with E-state index in [1.807, 2.05) is 6.20 Å². The summed E-state index contributed by atoms with van der Waals surface area (Å²) in [5.74, 6) is 0.722. The average Bonchev–Trinajstić information content (AvgIpc) is 2.64. The summed E-state index contributed by atoms with van der Waals surface area (Å²) >= 11 is 2.27. The summed E-state index contributed by atoms with van der Waals surface area (Å²) in [5, 5.41) is 0. The Morgan fingerprint density at radius 1 is 1.60 bits per heavy atom. The number of halogens is 1. The van der Waals surface area contributed by atoms with Gasteiger partial charge in [0.2, 0.25) is 5.88 Å². The van der Waals surface area contributed by atoms with Gasteiger partial charge in [0.25, 0.3) is 0 Å². The molecular weight excluding hydrogens is 303 g/mol. The Morgan fingerprint density at radius 3 is 2.93 bits per heavy atom. The fourth-order valence-electron chi connectivity index (χ4n) is 2.10.